The van der Waals surface area contributed by atoms with Crippen molar-refractivity contribution in [1.29, 1.82) is 0 Å². The number of rotatable bonds is 2. The third-order valence-corrected chi connectivity index (χ3v) is 3.70. The first-order chi connectivity index (χ1) is 10.9. The number of hydrogen-bond acceptors (Lipinski definition) is 6. The lowest BCUT2D eigenvalue weighted by molar-refractivity contribution is 0.0327. The summed E-state index contributed by atoms with van der Waals surface area (Å²) < 4.78 is 7.94. The van der Waals surface area contributed by atoms with Gasteiger partial charge >= 0.3 is 12.2 Å². The molecule has 0 saturated heterocycles. The maximum atomic E-state index is 9.75. The van der Waals surface area contributed by atoms with E-state index in [0.29, 0.717) is 12.1 Å². The fraction of sp³-hybridized carbons (Fsp3) is 0.867. The molecule has 8 N–H and O–H groups in total. The van der Waals surface area contributed by atoms with E-state index < -0.39 is 19.0 Å². The Balaban J connectivity index is 0.000000318. The van der Waals surface area contributed by atoms with Crippen LogP contribution in [0, 0.1) is 0 Å². The molecule has 0 spiro atoms. The summed E-state index contributed by atoms with van der Waals surface area (Å²) in [5.74, 6) is 0. The van der Waals surface area contributed by atoms with Crippen LogP contribution in [-0.2, 0) is 9.47 Å². The fourth-order valence-corrected chi connectivity index (χ4v) is 2.41. The van der Waals surface area contributed by atoms with E-state index in [0.717, 1.165) is 0 Å². The maximum absolute atomic E-state index is 9.75. The van der Waals surface area contributed by atoms with Gasteiger partial charge in [0.25, 0.3) is 0 Å². The van der Waals surface area contributed by atoms with Gasteiger partial charge < -0.3 is 32.4 Å². The van der Waals surface area contributed by atoms with Crippen molar-refractivity contribution in [1.82, 2.24) is 0 Å². The van der Waals surface area contributed by atoms with E-state index >= 15 is 0 Å². The molecule has 2 saturated carbocycles. The van der Waals surface area contributed by atoms with E-state index in [2.05, 4.69) is 20.9 Å². The molecule has 0 aromatic rings. The number of nitrogens with two attached hydrogens (primary N) is 4. The van der Waals surface area contributed by atoms with Gasteiger partial charge in [0.15, 0.2) is 0 Å². The number of amides is 2. The molecule has 0 bridgehead atoms. The summed E-state index contributed by atoms with van der Waals surface area (Å²) in [4.78, 5) is 19.5. The minimum Gasteiger partial charge on any atom is -0.412 e. The number of ether oxygens (including phenoxy) is 2. The first kappa shape index (κ1) is 21.5. The Morgan fingerprint density at radius 3 is 1.17 bits per heavy atom. The van der Waals surface area contributed by atoms with Gasteiger partial charge in [-0.15, -0.1) is 0 Å². The van der Waals surface area contributed by atoms with Crippen LogP contribution < -0.4 is 22.9 Å². The topological polar surface area (TPSA) is 157 Å². The Bertz CT molecular complexity index is 287. The van der Waals surface area contributed by atoms with Crippen molar-refractivity contribution in [3.8, 4) is 0 Å². The van der Waals surface area contributed by atoms with E-state index in [4.69, 9.17) is 11.5 Å². The van der Waals surface area contributed by atoms with Crippen molar-refractivity contribution in [2.45, 2.75) is 76.3 Å². The van der Waals surface area contributed by atoms with E-state index in [1.54, 1.807) is 0 Å². The predicted molar refractivity (Wildman–Crippen MR) is 88.3 cm³/mol. The van der Waals surface area contributed by atoms with Crippen LogP contribution in [0.25, 0.3) is 0 Å². The lowest BCUT2D eigenvalue weighted by Crippen LogP contribution is -2.22. The molecular formula is C15H32N4O4. The second-order valence-corrected chi connectivity index (χ2v) is 5.84. The summed E-state index contributed by atoms with van der Waals surface area (Å²) >= 11 is 0. The Kier molecular flexibility index (Phi) is 13.1. The minimum atomic E-state index is -1.02. The Hall–Kier alpha value is -1.54. The van der Waals surface area contributed by atoms with Gasteiger partial charge in [-0.1, -0.05) is 38.5 Å². The SMILES string of the molecule is NC(=O)OCOC(N)=O.NC1CCCCC1.NC1CCCCC1. The lowest BCUT2D eigenvalue weighted by Gasteiger charge is -2.15. The summed E-state index contributed by atoms with van der Waals surface area (Å²) in [6.45, 7) is -0.537. The van der Waals surface area contributed by atoms with Crippen LogP contribution in [0.15, 0.2) is 0 Å². The van der Waals surface area contributed by atoms with Gasteiger partial charge in [-0.05, 0) is 25.7 Å². The highest BCUT2D eigenvalue weighted by molar-refractivity contribution is 5.66. The minimum absolute atomic E-state index is 0.536. The molecule has 0 atom stereocenters. The van der Waals surface area contributed by atoms with Gasteiger partial charge in [0.2, 0.25) is 6.79 Å². The molecule has 0 aliphatic heterocycles. The molecule has 2 aliphatic rings. The number of carbonyl (C=O) groups excluding carboxylic acids is 2. The Labute approximate surface area is 138 Å². The van der Waals surface area contributed by atoms with E-state index in [1.165, 1.54) is 64.2 Å². The average Bonchev–Trinajstić information content (AvgIpc) is 2.49. The summed E-state index contributed by atoms with van der Waals surface area (Å²) in [6, 6.07) is 1.07. The maximum Gasteiger partial charge on any atom is 0.407 e. The first-order valence-electron chi connectivity index (χ1n) is 8.27. The molecule has 0 aromatic heterocycles. The predicted octanol–water partition coefficient (Wildman–Crippen LogP) is 1.69. The van der Waals surface area contributed by atoms with Crippen LogP contribution >= 0.6 is 0 Å². The van der Waals surface area contributed by atoms with E-state index in [-0.39, 0.29) is 0 Å². The van der Waals surface area contributed by atoms with Gasteiger partial charge in [0.05, 0.1) is 0 Å². The number of carbonyl (C=O) groups is 2. The molecule has 8 heteroatoms. The molecule has 0 radical (unpaired) electrons. The van der Waals surface area contributed by atoms with Crippen molar-refractivity contribution in [2.75, 3.05) is 6.79 Å². The summed E-state index contributed by atoms with van der Waals surface area (Å²) in [7, 11) is 0. The van der Waals surface area contributed by atoms with Crippen LogP contribution in [0.2, 0.25) is 0 Å². The molecule has 2 rings (SSSR count). The molecule has 0 heterocycles. The van der Waals surface area contributed by atoms with Crippen molar-refractivity contribution in [3.05, 3.63) is 0 Å². The molecule has 0 aromatic carbocycles. The Morgan fingerprint density at radius 1 is 0.696 bits per heavy atom. The van der Waals surface area contributed by atoms with Gasteiger partial charge in [-0.2, -0.15) is 0 Å². The van der Waals surface area contributed by atoms with Crippen molar-refractivity contribution in [3.63, 3.8) is 0 Å². The molecular weight excluding hydrogens is 300 g/mol. The van der Waals surface area contributed by atoms with Crippen LogP contribution in [0.3, 0.4) is 0 Å². The summed E-state index contributed by atoms with van der Waals surface area (Å²) in [6.07, 6.45) is 11.3. The number of hydrogen-bond donors (Lipinski definition) is 4. The second-order valence-electron chi connectivity index (χ2n) is 5.84. The molecule has 2 aliphatic carbocycles. The highest BCUT2D eigenvalue weighted by Gasteiger charge is 2.06. The zero-order chi connectivity index (χ0) is 17.5. The third kappa shape index (κ3) is 16.7. The van der Waals surface area contributed by atoms with Gasteiger partial charge in [0.1, 0.15) is 0 Å². The van der Waals surface area contributed by atoms with Gasteiger partial charge in [-0.3, -0.25) is 0 Å². The molecule has 2 amide bonds. The molecule has 23 heavy (non-hydrogen) atoms. The normalized spacial score (nSPS) is 18.5. The number of primary amides is 2. The second kappa shape index (κ2) is 14.1. The molecule has 0 unspecified atom stereocenters. The zero-order valence-corrected chi connectivity index (χ0v) is 13.9. The van der Waals surface area contributed by atoms with E-state index in [9.17, 15) is 9.59 Å². The molecule has 2 fully saturated rings. The standard InChI is InChI=1S/2C6H13N.C3H6N2O4/c2*7-6-4-2-1-3-5-6;4-2(6)8-1-9-3(5)7/h2*6H,1-5,7H2;1H2,(H2,4,6)(H2,5,7). The van der Waals surface area contributed by atoms with Crippen LogP contribution in [0.1, 0.15) is 64.2 Å². The first-order valence-corrected chi connectivity index (χ1v) is 8.27. The highest BCUT2D eigenvalue weighted by atomic mass is 16.7. The van der Waals surface area contributed by atoms with Gasteiger partial charge in [0, 0.05) is 12.1 Å². The van der Waals surface area contributed by atoms with E-state index in [1.807, 2.05) is 0 Å². The molecule has 8 nitrogen and oxygen atoms in total. The van der Waals surface area contributed by atoms with Crippen LogP contribution in [0.5, 0.6) is 0 Å². The fourth-order valence-electron chi connectivity index (χ4n) is 2.41. The van der Waals surface area contributed by atoms with Crippen molar-refractivity contribution >= 4 is 12.2 Å². The van der Waals surface area contributed by atoms with Crippen LogP contribution in [-0.4, -0.2) is 31.1 Å². The van der Waals surface area contributed by atoms with Crippen molar-refractivity contribution in [2.24, 2.45) is 22.9 Å². The summed E-state index contributed by atoms with van der Waals surface area (Å²) in [5.41, 5.74) is 20.2. The van der Waals surface area contributed by atoms with Crippen molar-refractivity contribution < 1.29 is 19.1 Å². The molecule has 136 valence electrons. The van der Waals surface area contributed by atoms with Gasteiger partial charge in [-0.25, -0.2) is 9.59 Å². The Morgan fingerprint density at radius 2 is 1.00 bits per heavy atom. The highest BCUT2D eigenvalue weighted by Crippen LogP contribution is 2.15. The smallest absolute Gasteiger partial charge is 0.407 e. The average molecular weight is 332 g/mol. The largest absolute Gasteiger partial charge is 0.412 e. The quantitative estimate of drug-likeness (QED) is 0.563. The van der Waals surface area contributed by atoms with Crippen LogP contribution in [0.4, 0.5) is 9.59 Å². The monoisotopic (exact) mass is 332 g/mol. The third-order valence-electron chi connectivity index (χ3n) is 3.70. The summed E-state index contributed by atoms with van der Waals surface area (Å²) in [5, 5.41) is 0. The zero-order valence-electron chi connectivity index (χ0n) is 13.9. The lowest BCUT2D eigenvalue weighted by atomic mass is 9.97.